The van der Waals surface area contributed by atoms with E-state index in [4.69, 9.17) is 5.73 Å². The molecule has 3 rings (SSSR count). The Hall–Kier alpha value is -1.06. The molecule has 0 amide bonds. The quantitative estimate of drug-likeness (QED) is 0.886. The van der Waals surface area contributed by atoms with E-state index in [9.17, 15) is 0 Å². The van der Waals surface area contributed by atoms with E-state index in [2.05, 4.69) is 33.7 Å². The summed E-state index contributed by atoms with van der Waals surface area (Å²) < 4.78 is 2.39. The summed E-state index contributed by atoms with van der Waals surface area (Å²) in [5.74, 6) is 0. The molecule has 1 unspecified atom stereocenters. The van der Waals surface area contributed by atoms with Gasteiger partial charge < -0.3 is 10.3 Å². The van der Waals surface area contributed by atoms with Gasteiger partial charge in [0.15, 0.2) is 0 Å². The van der Waals surface area contributed by atoms with Crippen molar-refractivity contribution in [3.63, 3.8) is 0 Å². The SMILES string of the molecule is NC1CCCc2c1ccn2CCc1ccsc1. The van der Waals surface area contributed by atoms with E-state index in [0.717, 1.165) is 19.4 Å². The van der Waals surface area contributed by atoms with Crippen LogP contribution in [0.4, 0.5) is 0 Å². The summed E-state index contributed by atoms with van der Waals surface area (Å²) in [4.78, 5) is 0. The molecular formula is C14H18N2S. The minimum absolute atomic E-state index is 0.265. The van der Waals surface area contributed by atoms with Gasteiger partial charge in [0.25, 0.3) is 0 Å². The van der Waals surface area contributed by atoms with E-state index in [1.165, 1.54) is 29.7 Å². The van der Waals surface area contributed by atoms with Crippen LogP contribution < -0.4 is 5.73 Å². The van der Waals surface area contributed by atoms with Crippen molar-refractivity contribution in [1.29, 1.82) is 0 Å². The molecule has 0 radical (unpaired) electrons. The number of rotatable bonds is 3. The second-order valence-corrected chi connectivity index (χ2v) is 5.57. The molecule has 17 heavy (non-hydrogen) atoms. The van der Waals surface area contributed by atoms with Gasteiger partial charge in [0, 0.05) is 24.5 Å². The molecule has 0 bridgehead atoms. The summed E-state index contributed by atoms with van der Waals surface area (Å²) in [6, 6.07) is 4.69. The van der Waals surface area contributed by atoms with E-state index >= 15 is 0 Å². The first-order valence-corrected chi connectivity index (χ1v) is 7.23. The maximum atomic E-state index is 6.14. The third-order valence-electron chi connectivity index (χ3n) is 3.66. The molecule has 2 N–H and O–H groups in total. The lowest BCUT2D eigenvalue weighted by molar-refractivity contribution is 0.539. The van der Waals surface area contributed by atoms with Gasteiger partial charge in [-0.1, -0.05) is 0 Å². The van der Waals surface area contributed by atoms with Gasteiger partial charge in [-0.25, -0.2) is 0 Å². The highest BCUT2D eigenvalue weighted by atomic mass is 32.1. The van der Waals surface area contributed by atoms with Crippen LogP contribution in [0, 0.1) is 0 Å². The summed E-state index contributed by atoms with van der Waals surface area (Å²) in [5, 5.41) is 4.39. The number of nitrogens with two attached hydrogens (primary N) is 1. The van der Waals surface area contributed by atoms with E-state index in [-0.39, 0.29) is 6.04 Å². The maximum Gasteiger partial charge on any atom is 0.0312 e. The van der Waals surface area contributed by atoms with Gasteiger partial charge >= 0.3 is 0 Å². The predicted molar refractivity (Wildman–Crippen MR) is 72.3 cm³/mol. The molecule has 2 nitrogen and oxygen atoms in total. The first-order chi connectivity index (χ1) is 8.34. The Morgan fingerprint density at radius 1 is 1.41 bits per heavy atom. The highest BCUT2D eigenvalue weighted by molar-refractivity contribution is 7.07. The van der Waals surface area contributed by atoms with Gasteiger partial charge in [-0.3, -0.25) is 0 Å². The van der Waals surface area contributed by atoms with Crippen LogP contribution in [0.2, 0.25) is 0 Å². The first kappa shape index (κ1) is 11.1. The average molecular weight is 246 g/mol. The standard InChI is InChI=1S/C14H18N2S/c15-13-2-1-3-14-12(13)5-8-16(14)7-4-11-6-9-17-10-11/h5-6,8-10,13H,1-4,7,15H2. The van der Waals surface area contributed by atoms with Crippen molar-refractivity contribution in [3.8, 4) is 0 Å². The molecule has 1 aliphatic rings. The van der Waals surface area contributed by atoms with Crippen molar-refractivity contribution >= 4 is 11.3 Å². The number of aromatic nitrogens is 1. The third-order valence-corrected chi connectivity index (χ3v) is 4.40. The van der Waals surface area contributed by atoms with Crippen molar-refractivity contribution in [2.45, 2.75) is 38.3 Å². The molecule has 1 atom stereocenters. The van der Waals surface area contributed by atoms with Gasteiger partial charge in [-0.15, -0.1) is 0 Å². The monoisotopic (exact) mass is 246 g/mol. The predicted octanol–water partition coefficient (Wildman–Crippen LogP) is 3.13. The lowest BCUT2D eigenvalue weighted by atomic mass is 9.93. The average Bonchev–Trinajstić information content (AvgIpc) is 2.95. The summed E-state index contributed by atoms with van der Waals surface area (Å²) in [7, 11) is 0. The molecule has 0 aliphatic heterocycles. The zero-order valence-electron chi connectivity index (χ0n) is 9.93. The fraction of sp³-hybridized carbons (Fsp3) is 0.429. The van der Waals surface area contributed by atoms with Gasteiger partial charge in [-0.05, 0) is 59.7 Å². The summed E-state index contributed by atoms with van der Waals surface area (Å²) in [5.41, 5.74) is 10.4. The molecule has 3 heteroatoms. The molecule has 2 heterocycles. The Balaban J connectivity index is 1.75. The third kappa shape index (κ3) is 2.17. The lowest BCUT2D eigenvalue weighted by Gasteiger charge is -2.20. The Labute approximate surface area is 106 Å². The first-order valence-electron chi connectivity index (χ1n) is 6.29. The highest BCUT2D eigenvalue weighted by Crippen LogP contribution is 2.28. The Morgan fingerprint density at radius 2 is 2.35 bits per heavy atom. The van der Waals surface area contributed by atoms with Crippen LogP contribution in [0.1, 0.15) is 35.7 Å². The van der Waals surface area contributed by atoms with Crippen LogP contribution in [-0.2, 0) is 19.4 Å². The molecule has 2 aromatic heterocycles. The van der Waals surface area contributed by atoms with E-state index in [0.29, 0.717) is 0 Å². The molecule has 90 valence electrons. The largest absolute Gasteiger partial charge is 0.351 e. The molecular weight excluding hydrogens is 228 g/mol. The van der Waals surface area contributed by atoms with Crippen LogP contribution in [-0.4, -0.2) is 4.57 Å². The minimum Gasteiger partial charge on any atom is -0.351 e. The number of aryl methyl sites for hydroxylation is 2. The molecule has 0 saturated heterocycles. The van der Waals surface area contributed by atoms with E-state index in [1.807, 2.05) is 0 Å². The molecule has 2 aromatic rings. The van der Waals surface area contributed by atoms with Crippen LogP contribution in [0.25, 0.3) is 0 Å². The van der Waals surface area contributed by atoms with Crippen LogP contribution in [0.15, 0.2) is 29.1 Å². The van der Waals surface area contributed by atoms with Crippen LogP contribution >= 0.6 is 11.3 Å². The lowest BCUT2D eigenvalue weighted by Crippen LogP contribution is -2.18. The van der Waals surface area contributed by atoms with E-state index in [1.54, 1.807) is 11.3 Å². The molecule has 0 aromatic carbocycles. The normalized spacial score (nSPS) is 19.2. The van der Waals surface area contributed by atoms with Crippen molar-refractivity contribution < 1.29 is 0 Å². The minimum atomic E-state index is 0.265. The number of fused-ring (bicyclic) bond motifs is 1. The summed E-state index contributed by atoms with van der Waals surface area (Å²) >= 11 is 1.78. The molecule has 0 fully saturated rings. The fourth-order valence-electron chi connectivity index (χ4n) is 2.69. The zero-order chi connectivity index (χ0) is 11.7. The highest BCUT2D eigenvalue weighted by Gasteiger charge is 2.19. The maximum absolute atomic E-state index is 6.14. The molecule has 0 spiro atoms. The van der Waals surface area contributed by atoms with Gasteiger partial charge in [0.2, 0.25) is 0 Å². The van der Waals surface area contributed by atoms with Gasteiger partial charge in [-0.2, -0.15) is 11.3 Å². The zero-order valence-corrected chi connectivity index (χ0v) is 10.7. The second kappa shape index (κ2) is 4.67. The van der Waals surface area contributed by atoms with Crippen molar-refractivity contribution in [2.24, 2.45) is 5.73 Å². The summed E-state index contributed by atoms with van der Waals surface area (Å²) in [6.07, 6.45) is 6.90. The fourth-order valence-corrected chi connectivity index (χ4v) is 3.39. The number of hydrogen-bond donors (Lipinski definition) is 1. The smallest absolute Gasteiger partial charge is 0.0312 e. The number of hydrogen-bond acceptors (Lipinski definition) is 2. The topological polar surface area (TPSA) is 30.9 Å². The number of thiophene rings is 1. The molecule has 1 aliphatic carbocycles. The number of nitrogens with zero attached hydrogens (tertiary/aromatic N) is 1. The van der Waals surface area contributed by atoms with Gasteiger partial charge in [0.05, 0.1) is 0 Å². The van der Waals surface area contributed by atoms with Gasteiger partial charge in [0.1, 0.15) is 0 Å². The van der Waals surface area contributed by atoms with Crippen molar-refractivity contribution in [3.05, 3.63) is 45.9 Å². The Kier molecular flexibility index (Phi) is 3.04. The second-order valence-electron chi connectivity index (χ2n) is 4.79. The van der Waals surface area contributed by atoms with Crippen LogP contribution in [0.3, 0.4) is 0 Å². The van der Waals surface area contributed by atoms with Crippen molar-refractivity contribution in [2.75, 3.05) is 0 Å². The van der Waals surface area contributed by atoms with E-state index < -0.39 is 0 Å². The van der Waals surface area contributed by atoms with Crippen LogP contribution in [0.5, 0.6) is 0 Å². The summed E-state index contributed by atoms with van der Waals surface area (Å²) in [6.45, 7) is 1.08. The Bertz CT molecular complexity index is 484. The Morgan fingerprint density at radius 3 is 3.18 bits per heavy atom. The molecule has 0 saturated carbocycles. The van der Waals surface area contributed by atoms with Crippen molar-refractivity contribution in [1.82, 2.24) is 4.57 Å².